The Bertz CT molecular complexity index is 357. The average molecular weight is 218 g/mol. The number of hydrogen-bond donors (Lipinski definition) is 1. The van der Waals surface area contributed by atoms with Gasteiger partial charge in [0.1, 0.15) is 11.4 Å². The molecule has 0 radical (unpaired) electrons. The van der Waals surface area contributed by atoms with Crippen LogP contribution in [0.25, 0.3) is 11.4 Å². The highest BCUT2D eigenvalue weighted by molar-refractivity contribution is 7.14. The quantitative estimate of drug-likeness (QED) is 0.799. The Hall–Kier alpha value is -0.650. The summed E-state index contributed by atoms with van der Waals surface area (Å²) >= 11 is 8.45. The van der Waals surface area contributed by atoms with Crippen LogP contribution in [0.3, 0.4) is 0 Å². The van der Waals surface area contributed by atoms with Crippen LogP contribution >= 0.6 is 34.3 Å². The summed E-state index contributed by atoms with van der Waals surface area (Å²) in [4.78, 5) is 8.14. The van der Waals surface area contributed by atoms with Crippen molar-refractivity contribution in [2.75, 3.05) is 5.73 Å². The topological polar surface area (TPSA) is 51.8 Å². The number of anilines is 1. The summed E-state index contributed by atoms with van der Waals surface area (Å²) < 4.78 is 0.525. The number of nitrogens with two attached hydrogens (primary N) is 1. The van der Waals surface area contributed by atoms with E-state index in [9.17, 15) is 0 Å². The second kappa shape index (κ2) is 3.01. The van der Waals surface area contributed by atoms with Crippen molar-refractivity contribution in [3.05, 3.63) is 15.2 Å². The van der Waals surface area contributed by atoms with Gasteiger partial charge in [0.2, 0.25) is 0 Å². The van der Waals surface area contributed by atoms with Crippen molar-refractivity contribution in [3.63, 3.8) is 0 Å². The molecule has 0 bridgehead atoms. The van der Waals surface area contributed by atoms with Gasteiger partial charge in [-0.15, -0.1) is 22.7 Å². The summed E-state index contributed by atoms with van der Waals surface area (Å²) in [7, 11) is 0. The van der Waals surface area contributed by atoms with Crippen LogP contribution in [0.2, 0.25) is 4.47 Å². The minimum Gasteiger partial charge on any atom is -0.375 e. The minimum atomic E-state index is 0.525. The smallest absolute Gasteiger partial charge is 0.184 e. The molecule has 0 aliphatic rings. The molecule has 2 heterocycles. The molecule has 0 spiro atoms. The number of rotatable bonds is 1. The first-order valence-corrected chi connectivity index (χ1v) is 5.22. The first kappa shape index (κ1) is 7.97. The summed E-state index contributed by atoms with van der Waals surface area (Å²) in [5.74, 6) is 0. The molecule has 0 saturated heterocycles. The van der Waals surface area contributed by atoms with E-state index >= 15 is 0 Å². The van der Waals surface area contributed by atoms with E-state index in [1.54, 1.807) is 0 Å². The van der Waals surface area contributed by atoms with E-state index in [0.29, 0.717) is 9.60 Å². The minimum absolute atomic E-state index is 0.525. The molecule has 6 heteroatoms. The molecular formula is C6H4ClN3S2. The van der Waals surface area contributed by atoms with Crippen molar-refractivity contribution in [2.24, 2.45) is 0 Å². The van der Waals surface area contributed by atoms with Crippen molar-refractivity contribution in [3.8, 4) is 11.4 Å². The zero-order valence-electron chi connectivity index (χ0n) is 5.82. The first-order valence-electron chi connectivity index (χ1n) is 3.08. The van der Waals surface area contributed by atoms with Crippen LogP contribution in [0.4, 0.5) is 5.13 Å². The first-order chi connectivity index (χ1) is 5.75. The SMILES string of the molecule is Nc1nc(-c2csc(Cl)n2)cs1. The van der Waals surface area contributed by atoms with Crippen LogP contribution in [-0.2, 0) is 0 Å². The molecule has 2 aromatic rings. The largest absolute Gasteiger partial charge is 0.375 e. The van der Waals surface area contributed by atoms with Gasteiger partial charge in [0, 0.05) is 10.8 Å². The lowest BCUT2D eigenvalue weighted by Crippen LogP contribution is -1.82. The second-order valence-corrected chi connectivity index (χ2v) is 4.39. The highest BCUT2D eigenvalue weighted by Gasteiger charge is 2.05. The van der Waals surface area contributed by atoms with Crippen LogP contribution in [0.1, 0.15) is 0 Å². The van der Waals surface area contributed by atoms with Gasteiger partial charge in [0.25, 0.3) is 0 Å². The van der Waals surface area contributed by atoms with Crippen molar-refractivity contribution in [1.29, 1.82) is 0 Å². The van der Waals surface area contributed by atoms with Gasteiger partial charge in [0.05, 0.1) is 0 Å². The molecule has 2 rings (SSSR count). The van der Waals surface area contributed by atoms with Crippen molar-refractivity contribution >= 4 is 39.4 Å². The maximum absolute atomic E-state index is 5.67. The number of hydrogen-bond acceptors (Lipinski definition) is 5. The Kier molecular flexibility index (Phi) is 2.00. The lowest BCUT2D eigenvalue weighted by atomic mass is 10.4. The Balaban J connectivity index is 2.43. The third-order valence-electron chi connectivity index (χ3n) is 1.26. The van der Waals surface area contributed by atoms with Gasteiger partial charge in [-0.1, -0.05) is 11.6 Å². The molecule has 0 fully saturated rings. The number of nitrogen functional groups attached to an aromatic ring is 1. The van der Waals surface area contributed by atoms with Gasteiger partial charge in [-0.05, 0) is 0 Å². The highest BCUT2D eigenvalue weighted by Crippen LogP contribution is 2.26. The van der Waals surface area contributed by atoms with E-state index < -0.39 is 0 Å². The van der Waals surface area contributed by atoms with E-state index in [-0.39, 0.29) is 0 Å². The predicted molar refractivity (Wildman–Crippen MR) is 52.6 cm³/mol. The van der Waals surface area contributed by atoms with Crippen molar-refractivity contribution in [2.45, 2.75) is 0 Å². The Morgan fingerprint density at radius 3 is 2.33 bits per heavy atom. The van der Waals surface area contributed by atoms with Gasteiger partial charge in [-0.2, -0.15) is 0 Å². The normalized spacial score (nSPS) is 10.4. The van der Waals surface area contributed by atoms with Crippen LogP contribution < -0.4 is 5.73 Å². The lowest BCUT2D eigenvalue weighted by Gasteiger charge is -1.84. The molecule has 0 unspecified atom stereocenters. The van der Waals surface area contributed by atoms with E-state index in [4.69, 9.17) is 17.3 Å². The molecule has 62 valence electrons. The molecule has 0 aromatic carbocycles. The van der Waals surface area contributed by atoms with Crippen molar-refractivity contribution < 1.29 is 0 Å². The van der Waals surface area contributed by atoms with E-state index in [2.05, 4.69) is 9.97 Å². The van der Waals surface area contributed by atoms with Gasteiger partial charge < -0.3 is 5.73 Å². The molecule has 3 nitrogen and oxygen atoms in total. The van der Waals surface area contributed by atoms with Crippen LogP contribution in [0, 0.1) is 0 Å². The summed E-state index contributed by atoms with van der Waals surface area (Å²) in [5, 5.41) is 4.27. The summed E-state index contributed by atoms with van der Waals surface area (Å²) in [6, 6.07) is 0. The summed E-state index contributed by atoms with van der Waals surface area (Å²) in [6.07, 6.45) is 0. The van der Waals surface area contributed by atoms with E-state index in [0.717, 1.165) is 11.4 Å². The molecular weight excluding hydrogens is 214 g/mol. The van der Waals surface area contributed by atoms with E-state index in [1.807, 2.05) is 10.8 Å². The number of aromatic nitrogens is 2. The summed E-state index contributed by atoms with van der Waals surface area (Å²) in [6.45, 7) is 0. The fourth-order valence-corrected chi connectivity index (χ4v) is 2.09. The molecule has 12 heavy (non-hydrogen) atoms. The average Bonchev–Trinajstić information content (AvgIpc) is 2.58. The number of nitrogens with zero attached hydrogens (tertiary/aromatic N) is 2. The van der Waals surface area contributed by atoms with Crippen molar-refractivity contribution in [1.82, 2.24) is 9.97 Å². The predicted octanol–water partition coefficient (Wildman–Crippen LogP) is 2.50. The highest BCUT2D eigenvalue weighted by atomic mass is 35.5. The molecule has 2 aromatic heterocycles. The second-order valence-electron chi connectivity index (χ2n) is 2.06. The molecule has 0 atom stereocenters. The van der Waals surface area contributed by atoms with Gasteiger partial charge >= 0.3 is 0 Å². The van der Waals surface area contributed by atoms with Crippen LogP contribution in [0.15, 0.2) is 10.8 Å². The number of thiazole rings is 2. The maximum Gasteiger partial charge on any atom is 0.184 e. The standard InChI is InChI=1S/C6H4ClN3S2/c7-5-9-3(1-11-5)4-2-12-6(8)10-4/h1-2H,(H2,8,10). The third-order valence-corrected chi connectivity index (χ3v) is 2.91. The fourth-order valence-electron chi connectivity index (χ4n) is 0.775. The molecule has 0 saturated carbocycles. The molecule has 0 aliphatic heterocycles. The monoisotopic (exact) mass is 217 g/mol. The van der Waals surface area contributed by atoms with Gasteiger partial charge in [-0.3, -0.25) is 0 Å². The zero-order valence-corrected chi connectivity index (χ0v) is 8.21. The van der Waals surface area contributed by atoms with Gasteiger partial charge in [-0.25, -0.2) is 9.97 Å². The molecule has 2 N–H and O–H groups in total. The zero-order chi connectivity index (χ0) is 8.55. The van der Waals surface area contributed by atoms with Crippen LogP contribution in [0.5, 0.6) is 0 Å². The number of halogens is 1. The summed E-state index contributed by atoms with van der Waals surface area (Å²) in [5.41, 5.74) is 7.05. The fraction of sp³-hybridized carbons (Fsp3) is 0. The Morgan fingerprint density at radius 2 is 1.83 bits per heavy atom. The Labute approximate surface area is 81.9 Å². The van der Waals surface area contributed by atoms with Crippen LogP contribution in [-0.4, -0.2) is 9.97 Å². The van der Waals surface area contributed by atoms with Gasteiger partial charge in [0.15, 0.2) is 9.60 Å². The molecule has 0 aliphatic carbocycles. The maximum atomic E-state index is 5.67. The van der Waals surface area contributed by atoms with E-state index in [1.165, 1.54) is 22.7 Å². The Morgan fingerprint density at radius 1 is 1.17 bits per heavy atom. The lowest BCUT2D eigenvalue weighted by molar-refractivity contribution is 1.33. The third kappa shape index (κ3) is 1.43. The molecule has 0 amide bonds.